The number of benzene rings is 2. The molecule has 3 heteroatoms. The van der Waals surface area contributed by atoms with Gasteiger partial charge in [0.2, 0.25) is 0 Å². The summed E-state index contributed by atoms with van der Waals surface area (Å²) in [5.41, 5.74) is 8.03. The fourth-order valence-corrected chi connectivity index (χ4v) is 2.64. The first-order valence-corrected chi connectivity index (χ1v) is 6.63. The largest absolute Gasteiger partial charge is 0.389 e. The van der Waals surface area contributed by atoms with Crippen molar-refractivity contribution in [3.05, 3.63) is 42.0 Å². The van der Waals surface area contributed by atoms with Crippen LogP contribution in [0.4, 0.5) is 5.69 Å². The predicted octanol–water partition coefficient (Wildman–Crippen LogP) is 3.07. The lowest BCUT2D eigenvalue weighted by atomic mass is 10.0. The van der Waals surface area contributed by atoms with Crippen molar-refractivity contribution < 1.29 is 0 Å². The number of thiocarbonyl (C=S) groups is 1. The van der Waals surface area contributed by atoms with Crippen LogP contribution in [-0.2, 0) is 0 Å². The summed E-state index contributed by atoms with van der Waals surface area (Å²) in [5.74, 6) is 0. The molecule has 18 heavy (non-hydrogen) atoms. The van der Waals surface area contributed by atoms with Gasteiger partial charge in [-0.1, -0.05) is 36.5 Å². The molecule has 0 unspecified atom stereocenters. The molecule has 1 aliphatic rings. The Kier molecular flexibility index (Phi) is 2.71. The maximum absolute atomic E-state index is 5.80. The Balaban J connectivity index is 2.22. The molecule has 0 bridgehead atoms. The van der Waals surface area contributed by atoms with Crippen LogP contribution in [0.5, 0.6) is 0 Å². The Bertz CT molecular complexity index is 617. The van der Waals surface area contributed by atoms with E-state index < -0.39 is 0 Å². The molecule has 1 saturated carbocycles. The fraction of sp³-hybridized carbons (Fsp3) is 0.267. The topological polar surface area (TPSA) is 29.3 Å². The zero-order valence-corrected chi connectivity index (χ0v) is 11.2. The molecular formula is C15H16N2S. The van der Waals surface area contributed by atoms with Crippen LogP contribution in [0, 0.1) is 0 Å². The van der Waals surface area contributed by atoms with Crippen LogP contribution in [0.2, 0.25) is 0 Å². The van der Waals surface area contributed by atoms with E-state index in [0.29, 0.717) is 11.0 Å². The SMILES string of the molecule is CN(c1ccc(C(N)=S)c2ccccc12)C1CC1. The van der Waals surface area contributed by atoms with Crippen LogP contribution < -0.4 is 10.6 Å². The lowest BCUT2D eigenvalue weighted by Gasteiger charge is -2.21. The summed E-state index contributed by atoms with van der Waals surface area (Å²) < 4.78 is 0. The quantitative estimate of drug-likeness (QED) is 0.856. The average molecular weight is 256 g/mol. The van der Waals surface area contributed by atoms with Gasteiger partial charge < -0.3 is 10.6 Å². The molecule has 0 amide bonds. The minimum absolute atomic E-state index is 0.465. The van der Waals surface area contributed by atoms with Crippen molar-refractivity contribution in [1.82, 2.24) is 0 Å². The number of fused-ring (bicyclic) bond motifs is 1. The monoisotopic (exact) mass is 256 g/mol. The molecular weight excluding hydrogens is 240 g/mol. The molecule has 92 valence electrons. The van der Waals surface area contributed by atoms with Crippen LogP contribution in [0.25, 0.3) is 10.8 Å². The van der Waals surface area contributed by atoms with Gasteiger partial charge in [-0.2, -0.15) is 0 Å². The summed E-state index contributed by atoms with van der Waals surface area (Å²) in [4.78, 5) is 2.83. The molecule has 0 radical (unpaired) electrons. The number of anilines is 1. The van der Waals surface area contributed by atoms with Gasteiger partial charge in [-0.3, -0.25) is 0 Å². The Labute approximate surface area is 112 Å². The summed E-state index contributed by atoms with van der Waals surface area (Å²) >= 11 is 5.13. The molecule has 0 saturated heterocycles. The van der Waals surface area contributed by atoms with Gasteiger partial charge in [-0.25, -0.2) is 0 Å². The molecule has 1 fully saturated rings. The van der Waals surface area contributed by atoms with Crippen molar-refractivity contribution in [2.75, 3.05) is 11.9 Å². The van der Waals surface area contributed by atoms with Crippen molar-refractivity contribution in [3.8, 4) is 0 Å². The fourth-order valence-electron chi connectivity index (χ4n) is 2.46. The minimum atomic E-state index is 0.465. The number of nitrogens with zero attached hydrogens (tertiary/aromatic N) is 1. The van der Waals surface area contributed by atoms with Gasteiger partial charge in [0.05, 0.1) is 0 Å². The van der Waals surface area contributed by atoms with Gasteiger partial charge in [0.1, 0.15) is 4.99 Å². The highest BCUT2D eigenvalue weighted by molar-refractivity contribution is 7.80. The summed E-state index contributed by atoms with van der Waals surface area (Å²) in [6.07, 6.45) is 2.59. The van der Waals surface area contributed by atoms with Gasteiger partial charge in [0.25, 0.3) is 0 Å². The summed E-state index contributed by atoms with van der Waals surface area (Å²) in [6, 6.07) is 13.2. The third kappa shape index (κ3) is 1.85. The van der Waals surface area contributed by atoms with Crippen LogP contribution >= 0.6 is 12.2 Å². The second-order valence-corrected chi connectivity index (χ2v) is 5.32. The Morgan fingerprint density at radius 1 is 1.17 bits per heavy atom. The lowest BCUT2D eigenvalue weighted by Crippen LogP contribution is -2.20. The van der Waals surface area contributed by atoms with Gasteiger partial charge in [-0.05, 0) is 30.4 Å². The maximum Gasteiger partial charge on any atom is 0.104 e. The third-order valence-electron chi connectivity index (χ3n) is 3.64. The highest BCUT2D eigenvalue weighted by Gasteiger charge is 2.27. The van der Waals surface area contributed by atoms with E-state index in [1.54, 1.807) is 0 Å². The van der Waals surface area contributed by atoms with E-state index in [-0.39, 0.29) is 0 Å². The standard InChI is InChI=1S/C15H16N2S/c1-17(10-6-7-10)14-9-8-13(15(16)18)11-4-2-3-5-12(11)14/h2-5,8-10H,6-7H2,1H3,(H2,16,18). The van der Waals surface area contributed by atoms with Crippen molar-refractivity contribution in [2.45, 2.75) is 18.9 Å². The summed E-state index contributed by atoms with van der Waals surface area (Å²) in [7, 11) is 2.17. The lowest BCUT2D eigenvalue weighted by molar-refractivity contribution is 0.922. The highest BCUT2D eigenvalue weighted by atomic mass is 32.1. The molecule has 0 spiro atoms. The first-order valence-electron chi connectivity index (χ1n) is 6.23. The van der Waals surface area contributed by atoms with Crippen molar-refractivity contribution in [2.24, 2.45) is 5.73 Å². The smallest absolute Gasteiger partial charge is 0.104 e. The zero-order valence-electron chi connectivity index (χ0n) is 10.4. The predicted molar refractivity (Wildman–Crippen MR) is 81.3 cm³/mol. The van der Waals surface area contributed by atoms with Gasteiger partial charge >= 0.3 is 0 Å². The van der Waals surface area contributed by atoms with Crippen molar-refractivity contribution >= 4 is 33.7 Å². The van der Waals surface area contributed by atoms with Crippen LogP contribution in [0.15, 0.2) is 36.4 Å². The van der Waals surface area contributed by atoms with Crippen molar-refractivity contribution in [1.29, 1.82) is 0 Å². The number of nitrogens with two attached hydrogens (primary N) is 1. The van der Waals surface area contributed by atoms with E-state index in [1.165, 1.54) is 23.9 Å². The second-order valence-electron chi connectivity index (χ2n) is 4.88. The van der Waals surface area contributed by atoms with E-state index in [4.69, 9.17) is 18.0 Å². The molecule has 0 aliphatic heterocycles. The molecule has 2 aromatic carbocycles. The van der Waals surface area contributed by atoms with Crippen LogP contribution in [-0.4, -0.2) is 18.1 Å². The third-order valence-corrected chi connectivity index (χ3v) is 3.86. The Morgan fingerprint density at radius 3 is 2.44 bits per heavy atom. The van der Waals surface area contributed by atoms with E-state index in [0.717, 1.165) is 10.9 Å². The molecule has 2 nitrogen and oxygen atoms in total. The van der Waals surface area contributed by atoms with Crippen LogP contribution in [0.3, 0.4) is 0 Å². The summed E-state index contributed by atoms with van der Waals surface area (Å²) in [6.45, 7) is 0. The first-order chi connectivity index (χ1) is 8.68. The maximum atomic E-state index is 5.80. The molecule has 1 aliphatic carbocycles. The van der Waals surface area contributed by atoms with Gasteiger partial charge in [0, 0.05) is 29.7 Å². The highest BCUT2D eigenvalue weighted by Crippen LogP contribution is 2.35. The number of hydrogen-bond donors (Lipinski definition) is 1. The normalized spacial score (nSPS) is 14.7. The van der Waals surface area contributed by atoms with E-state index in [1.807, 2.05) is 12.1 Å². The summed E-state index contributed by atoms with van der Waals surface area (Å²) in [5, 5.41) is 2.38. The second kappa shape index (κ2) is 4.25. The van der Waals surface area contributed by atoms with E-state index >= 15 is 0 Å². The molecule has 0 aromatic heterocycles. The Morgan fingerprint density at radius 2 is 1.83 bits per heavy atom. The van der Waals surface area contributed by atoms with Gasteiger partial charge in [0.15, 0.2) is 0 Å². The van der Waals surface area contributed by atoms with E-state index in [2.05, 4.69) is 36.2 Å². The molecule has 2 aromatic rings. The number of hydrogen-bond acceptors (Lipinski definition) is 2. The van der Waals surface area contributed by atoms with Crippen molar-refractivity contribution in [3.63, 3.8) is 0 Å². The molecule has 2 N–H and O–H groups in total. The van der Waals surface area contributed by atoms with Crippen LogP contribution in [0.1, 0.15) is 18.4 Å². The first kappa shape index (κ1) is 11.5. The average Bonchev–Trinajstić information content (AvgIpc) is 3.20. The molecule has 0 heterocycles. The minimum Gasteiger partial charge on any atom is -0.389 e. The number of rotatable bonds is 3. The van der Waals surface area contributed by atoms with Gasteiger partial charge in [-0.15, -0.1) is 0 Å². The molecule has 0 atom stereocenters. The van der Waals surface area contributed by atoms with E-state index in [9.17, 15) is 0 Å². The zero-order chi connectivity index (χ0) is 12.7. The Hall–Kier alpha value is -1.61. The molecule has 3 rings (SSSR count).